The Balaban J connectivity index is 2.08. The summed E-state index contributed by atoms with van der Waals surface area (Å²) in [5, 5.41) is 13.8. The maximum absolute atomic E-state index is 12.2. The second-order valence-corrected chi connectivity index (χ2v) is 6.24. The normalized spacial score (nSPS) is 11.5. The SMILES string of the molecule is Cc1ccc(NC(=O)[C@@H](C)OC(=O)c2cc([N+](=O)[O-])ccc2Cl)cc1Cl. The Morgan fingerprint density at radius 3 is 2.46 bits per heavy atom. The summed E-state index contributed by atoms with van der Waals surface area (Å²) in [6.07, 6.45) is -1.15. The Kier molecular flexibility index (Phi) is 6.18. The Bertz CT molecular complexity index is 885. The van der Waals surface area contributed by atoms with Crippen molar-refractivity contribution >= 4 is 46.5 Å². The summed E-state index contributed by atoms with van der Waals surface area (Å²) in [5.74, 6) is -1.52. The first-order valence-corrected chi connectivity index (χ1v) is 8.16. The largest absolute Gasteiger partial charge is 0.449 e. The minimum Gasteiger partial charge on any atom is -0.449 e. The number of hydrogen-bond acceptors (Lipinski definition) is 5. The number of carbonyl (C=O) groups is 2. The molecule has 0 aromatic heterocycles. The van der Waals surface area contributed by atoms with Crippen molar-refractivity contribution < 1.29 is 19.2 Å². The van der Waals surface area contributed by atoms with Crippen LogP contribution in [0.4, 0.5) is 11.4 Å². The summed E-state index contributed by atoms with van der Waals surface area (Å²) in [6.45, 7) is 3.19. The van der Waals surface area contributed by atoms with Gasteiger partial charge >= 0.3 is 5.97 Å². The van der Waals surface area contributed by atoms with Crippen LogP contribution in [0.3, 0.4) is 0 Å². The number of hydrogen-bond donors (Lipinski definition) is 1. The molecule has 2 rings (SSSR count). The van der Waals surface area contributed by atoms with Gasteiger partial charge in [0, 0.05) is 22.8 Å². The van der Waals surface area contributed by atoms with Crippen molar-refractivity contribution in [3.63, 3.8) is 0 Å². The zero-order valence-electron chi connectivity index (χ0n) is 13.8. The number of esters is 1. The molecule has 1 amide bonds. The molecule has 0 radical (unpaired) electrons. The van der Waals surface area contributed by atoms with Gasteiger partial charge in [0.15, 0.2) is 6.10 Å². The zero-order chi connectivity index (χ0) is 19.4. The fraction of sp³-hybridized carbons (Fsp3) is 0.176. The van der Waals surface area contributed by atoms with E-state index in [0.717, 1.165) is 17.7 Å². The molecular weight excluding hydrogens is 383 g/mol. The van der Waals surface area contributed by atoms with Gasteiger partial charge in [-0.25, -0.2) is 4.79 Å². The van der Waals surface area contributed by atoms with E-state index in [1.165, 1.54) is 13.0 Å². The van der Waals surface area contributed by atoms with Crippen LogP contribution < -0.4 is 5.32 Å². The molecule has 0 saturated carbocycles. The summed E-state index contributed by atoms with van der Waals surface area (Å²) < 4.78 is 5.05. The second-order valence-electron chi connectivity index (χ2n) is 5.42. The molecule has 0 aliphatic heterocycles. The summed E-state index contributed by atoms with van der Waals surface area (Å²) in [4.78, 5) is 34.5. The standard InChI is InChI=1S/C17H14Cl2N2O5/c1-9-3-4-11(7-15(9)19)20-16(22)10(2)26-17(23)13-8-12(21(24)25)5-6-14(13)18/h3-8,10H,1-2H3,(H,20,22)/t10-/m1/s1. The molecule has 2 aromatic carbocycles. The number of benzene rings is 2. The number of anilines is 1. The maximum atomic E-state index is 12.2. The molecule has 0 bridgehead atoms. The van der Waals surface area contributed by atoms with E-state index in [-0.39, 0.29) is 16.3 Å². The van der Waals surface area contributed by atoms with Crippen LogP contribution in [0.2, 0.25) is 10.0 Å². The van der Waals surface area contributed by atoms with Crippen molar-refractivity contribution in [3.05, 3.63) is 67.7 Å². The van der Waals surface area contributed by atoms with Crippen LogP contribution in [0, 0.1) is 17.0 Å². The Morgan fingerprint density at radius 1 is 1.15 bits per heavy atom. The lowest BCUT2D eigenvalue weighted by Gasteiger charge is -2.14. The van der Waals surface area contributed by atoms with Gasteiger partial charge in [-0.3, -0.25) is 14.9 Å². The topological polar surface area (TPSA) is 98.5 Å². The van der Waals surface area contributed by atoms with Gasteiger partial charge in [0.05, 0.1) is 15.5 Å². The van der Waals surface area contributed by atoms with Crippen LogP contribution in [-0.4, -0.2) is 22.9 Å². The number of ether oxygens (including phenoxy) is 1. The van der Waals surface area contributed by atoms with Crippen molar-refractivity contribution in [1.82, 2.24) is 0 Å². The van der Waals surface area contributed by atoms with Gasteiger partial charge in [0.1, 0.15) is 0 Å². The summed E-state index contributed by atoms with van der Waals surface area (Å²) in [6, 6.07) is 8.34. The third-order valence-electron chi connectivity index (χ3n) is 3.47. The molecule has 9 heteroatoms. The van der Waals surface area contributed by atoms with Crippen molar-refractivity contribution in [2.45, 2.75) is 20.0 Å². The highest BCUT2D eigenvalue weighted by atomic mass is 35.5. The van der Waals surface area contributed by atoms with E-state index in [1.807, 2.05) is 6.92 Å². The van der Waals surface area contributed by atoms with Gasteiger partial charge in [-0.2, -0.15) is 0 Å². The van der Waals surface area contributed by atoms with Crippen molar-refractivity contribution in [2.75, 3.05) is 5.32 Å². The minimum atomic E-state index is -1.15. The van der Waals surface area contributed by atoms with Crippen LogP contribution in [0.25, 0.3) is 0 Å². The molecule has 7 nitrogen and oxygen atoms in total. The quantitative estimate of drug-likeness (QED) is 0.458. The molecule has 2 aromatic rings. The molecule has 0 aliphatic rings. The highest BCUT2D eigenvalue weighted by molar-refractivity contribution is 6.33. The van der Waals surface area contributed by atoms with E-state index < -0.39 is 22.9 Å². The molecule has 0 spiro atoms. The first kappa shape index (κ1) is 19.7. The molecule has 0 aliphatic carbocycles. The lowest BCUT2D eigenvalue weighted by Crippen LogP contribution is -2.30. The highest BCUT2D eigenvalue weighted by Crippen LogP contribution is 2.24. The van der Waals surface area contributed by atoms with E-state index >= 15 is 0 Å². The molecule has 0 saturated heterocycles. The number of nitrogens with zero attached hydrogens (tertiary/aromatic N) is 1. The van der Waals surface area contributed by atoms with Crippen molar-refractivity contribution in [2.24, 2.45) is 0 Å². The van der Waals surface area contributed by atoms with Crippen LogP contribution in [-0.2, 0) is 9.53 Å². The number of amides is 1. The van der Waals surface area contributed by atoms with Gasteiger partial charge in [-0.05, 0) is 37.6 Å². The Morgan fingerprint density at radius 2 is 1.85 bits per heavy atom. The van der Waals surface area contributed by atoms with Gasteiger partial charge in [-0.15, -0.1) is 0 Å². The highest BCUT2D eigenvalue weighted by Gasteiger charge is 2.22. The molecule has 136 valence electrons. The van der Waals surface area contributed by atoms with Gasteiger partial charge in [0.2, 0.25) is 0 Å². The minimum absolute atomic E-state index is 0.0153. The average Bonchev–Trinajstić information content (AvgIpc) is 2.58. The molecule has 0 fully saturated rings. The third-order valence-corrected chi connectivity index (χ3v) is 4.21. The number of aryl methyl sites for hydroxylation is 1. The van der Waals surface area contributed by atoms with Gasteiger partial charge in [-0.1, -0.05) is 29.3 Å². The summed E-state index contributed by atoms with van der Waals surface area (Å²) in [5.41, 5.74) is 0.790. The van der Waals surface area contributed by atoms with Crippen LogP contribution in [0.1, 0.15) is 22.8 Å². The Hall–Kier alpha value is -2.64. The molecule has 1 atom stereocenters. The van der Waals surface area contributed by atoms with Crippen molar-refractivity contribution in [3.8, 4) is 0 Å². The monoisotopic (exact) mass is 396 g/mol. The predicted molar refractivity (Wildman–Crippen MR) is 97.8 cm³/mol. The first-order valence-electron chi connectivity index (χ1n) is 7.41. The predicted octanol–water partition coefficient (Wildman–Crippen LogP) is 4.39. The fourth-order valence-electron chi connectivity index (χ4n) is 1.98. The average molecular weight is 397 g/mol. The van der Waals surface area contributed by atoms with E-state index in [1.54, 1.807) is 18.2 Å². The maximum Gasteiger partial charge on any atom is 0.340 e. The number of nitrogens with one attached hydrogen (secondary N) is 1. The summed E-state index contributed by atoms with van der Waals surface area (Å²) in [7, 11) is 0. The lowest BCUT2D eigenvalue weighted by molar-refractivity contribution is -0.384. The number of rotatable bonds is 5. The smallest absolute Gasteiger partial charge is 0.340 e. The lowest BCUT2D eigenvalue weighted by atomic mass is 10.2. The van der Waals surface area contributed by atoms with Crippen LogP contribution in [0.15, 0.2) is 36.4 Å². The Labute approximate surface area is 159 Å². The van der Waals surface area contributed by atoms with E-state index in [9.17, 15) is 19.7 Å². The van der Waals surface area contributed by atoms with Gasteiger partial charge in [0.25, 0.3) is 11.6 Å². The molecular formula is C17H14Cl2N2O5. The van der Waals surface area contributed by atoms with Crippen LogP contribution in [0.5, 0.6) is 0 Å². The number of nitro groups is 1. The first-order chi connectivity index (χ1) is 12.2. The number of non-ortho nitro benzene ring substituents is 1. The van der Waals surface area contributed by atoms with E-state index in [2.05, 4.69) is 5.32 Å². The van der Waals surface area contributed by atoms with Crippen LogP contribution >= 0.6 is 23.2 Å². The van der Waals surface area contributed by atoms with E-state index in [4.69, 9.17) is 27.9 Å². The van der Waals surface area contributed by atoms with E-state index in [0.29, 0.717) is 10.7 Å². The number of nitro benzene ring substituents is 1. The van der Waals surface area contributed by atoms with Gasteiger partial charge < -0.3 is 10.1 Å². The zero-order valence-corrected chi connectivity index (χ0v) is 15.3. The number of halogens is 2. The van der Waals surface area contributed by atoms with Crippen molar-refractivity contribution in [1.29, 1.82) is 0 Å². The molecule has 26 heavy (non-hydrogen) atoms. The third kappa shape index (κ3) is 4.71. The molecule has 0 heterocycles. The fourth-order valence-corrected chi connectivity index (χ4v) is 2.35. The second kappa shape index (κ2) is 8.16. The number of carbonyl (C=O) groups excluding carboxylic acids is 2. The summed E-state index contributed by atoms with van der Waals surface area (Å²) >= 11 is 11.9. The molecule has 0 unspecified atom stereocenters. The molecule has 1 N–H and O–H groups in total.